The summed E-state index contributed by atoms with van der Waals surface area (Å²) in [6.07, 6.45) is 4.42. The monoisotopic (exact) mass is 251 g/mol. The number of hydrogen-bond acceptors (Lipinski definition) is 3. The molecule has 1 aromatic heterocycles. The van der Waals surface area contributed by atoms with E-state index in [1.54, 1.807) is 19.3 Å². The molecule has 0 fully saturated rings. The van der Waals surface area contributed by atoms with Crippen LogP contribution < -0.4 is 10.6 Å². The molecule has 0 aliphatic carbocycles. The number of amides is 2. The van der Waals surface area contributed by atoms with Crippen molar-refractivity contribution in [3.8, 4) is 0 Å². The quantitative estimate of drug-likeness (QED) is 0.697. The van der Waals surface area contributed by atoms with Gasteiger partial charge in [0.05, 0.1) is 0 Å². The van der Waals surface area contributed by atoms with Crippen LogP contribution in [0.4, 0.5) is 4.79 Å². The molecular weight excluding hydrogens is 234 g/mol. The smallest absolute Gasteiger partial charge is 0.326 e. The topological polar surface area (TPSA) is 91.3 Å². The zero-order valence-electron chi connectivity index (χ0n) is 10.2. The van der Waals surface area contributed by atoms with Crippen LogP contribution in [0.1, 0.15) is 18.9 Å². The number of carboxylic acids is 1. The summed E-state index contributed by atoms with van der Waals surface area (Å²) in [6, 6.07) is 2.43. The first-order valence-corrected chi connectivity index (χ1v) is 5.79. The van der Waals surface area contributed by atoms with Gasteiger partial charge in [-0.3, -0.25) is 4.98 Å². The van der Waals surface area contributed by atoms with Gasteiger partial charge in [0, 0.05) is 18.9 Å². The zero-order chi connectivity index (χ0) is 13.4. The van der Waals surface area contributed by atoms with E-state index < -0.39 is 18.0 Å². The first-order chi connectivity index (χ1) is 8.63. The Morgan fingerprint density at radius 3 is 2.83 bits per heavy atom. The van der Waals surface area contributed by atoms with Crippen molar-refractivity contribution in [2.45, 2.75) is 25.8 Å². The summed E-state index contributed by atoms with van der Waals surface area (Å²) in [5.74, 6) is -1.03. The number of pyridine rings is 1. The highest BCUT2D eigenvalue weighted by atomic mass is 16.4. The Balaban J connectivity index is 2.27. The number of hydrogen-bond donors (Lipinski definition) is 3. The van der Waals surface area contributed by atoms with Gasteiger partial charge in [-0.05, 0) is 24.5 Å². The van der Waals surface area contributed by atoms with Crippen molar-refractivity contribution in [2.24, 2.45) is 0 Å². The maximum atomic E-state index is 11.4. The summed E-state index contributed by atoms with van der Waals surface area (Å²) in [5.41, 5.74) is 1.02. The van der Waals surface area contributed by atoms with Gasteiger partial charge in [0.25, 0.3) is 0 Å². The normalized spacial score (nSPS) is 11.6. The van der Waals surface area contributed by atoms with Crippen LogP contribution in [0, 0.1) is 0 Å². The molecule has 98 valence electrons. The lowest BCUT2D eigenvalue weighted by molar-refractivity contribution is -0.139. The van der Waals surface area contributed by atoms with Crippen LogP contribution in [-0.4, -0.2) is 34.7 Å². The highest BCUT2D eigenvalue weighted by Gasteiger charge is 2.16. The molecular formula is C12H17N3O3. The summed E-state index contributed by atoms with van der Waals surface area (Å²) in [7, 11) is 0. The van der Waals surface area contributed by atoms with Crippen molar-refractivity contribution in [1.29, 1.82) is 0 Å². The Kier molecular flexibility index (Phi) is 5.63. The largest absolute Gasteiger partial charge is 0.480 e. The number of aromatic nitrogens is 1. The molecule has 0 saturated carbocycles. The minimum Gasteiger partial charge on any atom is -0.480 e. The first-order valence-electron chi connectivity index (χ1n) is 5.79. The average molecular weight is 251 g/mol. The van der Waals surface area contributed by atoms with Gasteiger partial charge in [-0.25, -0.2) is 9.59 Å². The van der Waals surface area contributed by atoms with Crippen LogP contribution in [0.15, 0.2) is 24.5 Å². The van der Waals surface area contributed by atoms with Crippen LogP contribution in [0.5, 0.6) is 0 Å². The Labute approximate surface area is 105 Å². The van der Waals surface area contributed by atoms with E-state index in [9.17, 15) is 9.59 Å². The molecule has 0 aliphatic heterocycles. The molecule has 0 bridgehead atoms. The average Bonchev–Trinajstić information content (AvgIpc) is 2.37. The van der Waals surface area contributed by atoms with Crippen molar-refractivity contribution in [3.05, 3.63) is 30.1 Å². The molecule has 6 heteroatoms. The fourth-order valence-corrected chi connectivity index (χ4v) is 1.41. The summed E-state index contributed by atoms with van der Waals surface area (Å²) in [6.45, 7) is 2.14. The molecule has 3 N–H and O–H groups in total. The van der Waals surface area contributed by atoms with Gasteiger partial charge >= 0.3 is 12.0 Å². The van der Waals surface area contributed by atoms with Crippen LogP contribution in [-0.2, 0) is 11.2 Å². The predicted molar refractivity (Wildman–Crippen MR) is 66.2 cm³/mol. The fourth-order valence-electron chi connectivity index (χ4n) is 1.41. The number of aliphatic carboxylic acids is 1. The molecule has 18 heavy (non-hydrogen) atoms. The summed E-state index contributed by atoms with van der Waals surface area (Å²) < 4.78 is 0. The SMILES string of the molecule is CC[C@@H](NC(=O)NCCc1cccnc1)C(=O)O. The maximum absolute atomic E-state index is 11.4. The molecule has 1 atom stereocenters. The highest BCUT2D eigenvalue weighted by Crippen LogP contribution is 1.95. The summed E-state index contributed by atoms with van der Waals surface area (Å²) in [4.78, 5) is 26.1. The van der Waals surface area contributed by atoms with E-state index in [4.69, 9.17) is 5.11 Å². The third-order valence-corrected chi connectivity index (χ3v) is 2.43. The Bertz CT molecular complexity index is 395. The predicted octanol–water partition coefficient (Wildman–Crippen LogP) is 0.786. The second kappa shape index (κ2) is 7.26. The zero-order valence-corrected chi connectivity index (χ0v) is 10.2. The van der Waals surface area contributed by atoms with Crippen molar-refractivity contribution >= 4 is 12.0 Å². The number of nitrogens with zero attached hydrogens (tertiary/aromatic N) is 1. The Hall–Kier alpha value is -2.11. The molecule has 6 nitrogen and oxygen atoms in total. The first kappa shape index (κ1) is 14.0. The molecule has 0 aliphatic rings. The molecule has 1 aromatic rings. The minimum absolute atomic E-state index is 0.353. The van der Waals surface area contributed by atoms with Gasteiger partial charge in [0.2, 0.25) is 0 Å². The van der Waals surface area contributed by atoms with Gasteiger partial charge in [-0.15, -0.1) is 0 Å². The van der Waals surface area contributed by atoms with Crippen molar-refractivity contribution in [2.75, 3.05) is 6.54 Å². The molecule has 1 rings (SSSR count). The second-order valence-electron chi connectivity index (χ2n) is 3.81. The van der Waals surface area contributed by atoms with E-state index in [0.717, 1.165) is 5.56 Å². The van der Waals surface area contributed by atoms with Gasteiger partial charge in [-0.2, -0.15) is 0 Å². The van der Waals surface area contributed by atoms with E-state index >= 15 is 0 Å². The molecule has 2 amide bonds. The van der Waals surface area contributed by atoms with Crippen LogP contribution in [0.3, 0.4) is 0 Å². The van der Waals surface area contributed by atoms with Gasteiger partial charge in [-0.1, -0.05) is 13.0 Å². The van der Waals surface area contributed by atoms with E-state index in [2.05, 4.69) is 15.6 Å². The number of carbonyl (C=O) groups is 2. The lowest BCUT2D eigenvalue weighted by Gasteiger charge is -2.13. The van der Waals surface area contributed by atoms with E-state index in [1.807, 2.05) is 12.1 Å². The fraction of sp³-hybridized carbons (Fsp3) is 0.417. The van der Waals surface area contributed by atoms with Crippen LogP contribution in [0.25, 0.3) is 0 Å². The van der Waals surface area contributed by atoms with Crippen LogP contribution >= 0.6 is 0 Å². The number of rotatable bonds is 6. The lowest BCUT2D eigenvalue weighted by Crippen LogP contribution is -2.46. The van der Waals surface area contributed by atoms with E-state index in [-0.39, 0.29) is 0 Å². The van der Waals surface area contributed by atoms with Crippen molar-refractivity contribution in [1.82, 2.24) is 15.6 Å². The number of carboxylic acid groups (broad SMARTS) is 1. The number of urea groups is 1. The third-order valence-electron chi connectivity index (χ3n) is 2.43. The number of nitrogens with one attached hydrogen (secondary N) is 2. The molecule has 1 heterocycles. The van der Waals surface area contributed by atoms with Gasteiger partial charge in [0.1, 0.15) is 6.04 Å². The maximum Gasteiger partial charge on any atom is 0.326 e. The van der Waals surface area contributed by atoms with Crippen molar-refractivity contribution in [3.63, 3.8) is 0 Å². The number of carbonyl (C=O) groups excluding carboxylic acids is 1. The third kappa shape index (κ3) is 4.82. The van der Waals surface area contributed by atoms with Gasteiger partial charge < -0.3 is 15.7 Å². The molecule has 0 aromatic carbocycles. The Morgan fingerprint density at radius 1 is 1.50 bits per heavy atom. The van der Waals surface area contributed by atoms with E-state index in [1.165, 1.54) is 0 Å². The standard InChI is InChI=1S/C12H17N3O3/c1-2-10(11(16)17)15-12(18)14-7-5-9-4-3-6-13-8-9/h3-4,6,8,10H,2,5,7H2,1H3,(H,16,17)(H2,14,15,18)/t10-/m1/s1. The Morgan fingerprint density at radius 2 is 2.28 bits per heavy atom. The van der Waals surface area contributed by atoms with Gasteiger partial charge in [0.15, 0.2) is 0 Å². The second-order valence-corrected chi connectivity index (χ2v) is 3.81. The molecule has 0 unspecified atom stereocenters. The summed E-state index contributed by atoms with van der Waals surface area (Å²) >= 11 is 0. The van der Waals surface area contributed by atoms with Crippen LogP contribution in [0.2, 0.25) is 0 Å². The highest BCUT2D eigenvalue weighted by molar-refractivity contribution is 5.82. The minimum atomic E-state index is -1.03. The molecule has 0 radical (unpaired) electrons. The molecule has 0 spiro atoms. The van der Waals surface area contributed by atoms with Crippen molar-refractivity contribution < 1.29 is 14.7 Å². The summed E-state index contributed by atoms with van der Waals surface area (Å²) in [5, 5.41) is 13.8. The lowest BCUT2D eigenvalue weighted by atomic mass is 10.2. The molecule has 0 saturated heterocycles. The van der Waals surface area contributed by atoms with E-state index in [0.29, 0.717) is 19.4 Å².